The first-order valence-electron chi connectivity index (χ1n) is 6.31. The molecule has 1 amide bonds. The van der Waals surface area contributed by atoms with Crippen LogP contribution >= 0.6 is 0 Å². The molecule has 0 bridgehead atoms. The van der Waals surface area contributed by atoms with Crippen LogP contribution in [0, 0.1) is 0 Å². The highest BCUT2D eigenvalue weighted by molar-refractivity contribution is 5.86. The number of hydrogen-bond acceptors (Lipinski definition) is 5. The average molecular weight is 283 g/mol. The second-order valence-corrected chi connectivity index (χ2v) is 5.49. The van der Waals surface area contributed by atoms with Crippen molar-refractivity contribution in [2.24, 2.45) is 0 Å². The van der Waals surface area contributed by atoms with Crippen molar-refractivity contribution in [2.75, 3.05) is 7.11 Å². The summed E-state index contributed by atoms with van der Waals surface area (Å²) >= 11 is 0. The Morgan fingerprint density at radius 3 is 2.65 bits per heavy atom. The van der Waals surface area contributed by atoms with Crippen LogP contribution in [0.3, 0.4) is 0 Å². The van der Waals surface area contributed by atoms with E-state index in [9.17, 15) is 9.59 Å². The summed E-state index contributed by atoms with van der Waals surface area (Å²) < 4.78 is 11.4. The van der Waals surface area contributed by atoms with E-state index in [0.29, 0.717) is 6.54 Å². The summed E-state index contributed by atoms with van der Waals surface area (Å²) in [4.78, 5) is 26.8. The fourth-order valence-electron chi connectivity index (χ4n) is 1.54. The zero-order chi connectivity index (χ0) is 15.3. The largest absolute Gasteiger partial charge is 0.464 e. The monoisotopic (exact) mass is 283 g/mol. The molecule has 1 aromatic heterocycles. The molecule has 0 radical (unpaired) electrons. The summed E-state index contributed by atoms with van der Waals surface area (Å²) in [6.45, 7) is 7.71. The third kappa shape index (κ3) is 5.29. The van der Waals surface area contributed by atoms with Gasteiger partial charge in [-0.1, -0.05) is 0 Å². The van der Waals surface area contributed by atoms with E-state index in [0.717, 1.165) is 0 Å². The van der Waals surface area contributed by atoms with Gasteiger partial charge in [-0.05, 0) is 27.7 Å². The Balaban J connectivity index is 2.50. The lowest BCUT2D eigenvalue weighted by atomic mass is 10.2. The van der Waals surface area contributed by atoms with E-state index in [-0.39, 0.29) is 11.7 Å². The zero-order valence-corrected chi connectivity index (χ0v) is 12.5. The van der Waals surface area contributed by atoms with Gasteiger partial charge in [0.25, 0.3) is 0 Å². The molecule has 0 saturated carbocycles. The van der Waals surface area contributed by atoms with Gasteiger partial charge in [0, 0.05) is 18.8 Å². The molecule has 1 aromatic rings. The molecule has 0 aliphatic rings. The average Bonchev–Trinajstić information content (AvgIpc) is 2.73. The van der Waals surface area contributed by atoms with Crippen LogP contribution in [-0.4, -0.2) is 40.4 Å². The van der Waals surface area contributed by atoms with E-state index in [4.69, 9.17) is 4.74 Å². The normalized spacial score (nSPS) is 12.7. The molecule has 0 aromatic carbocycles. The van der Waals surface area contributed by atoms with Crippen LogP contribution in [-0.2, 0) is 16.0 Å². The number of nitrogens with one attached hydrogen (secondary N) is 1. The molecule has 0 unspecified atom stereocenters. The number of esters is 1. The second kappa shape index (κ2) is 6.40. The van der Waals surface area contributed by atoms with Gasteiger partial charge in [-0.25, -0.2) is 14.6 Å². The van der Waals surface area contributed by atoms with Gasteiger partial charge < -0.3 is 19.4 Å². The van der Waals surface area contributed by atoms with E-state index in [2.05, 4.69) is 15.0 Å². The summed E-state index contributed by atoms with van der Waals surface area (Å²) in [5.74, 6) is -0.489. The van der Waals surface area contributed by atoms with Gasteiger partial charge in [-0.3, -0.25) is 0 Å². The summed E-state index contributed by atoms with van der Waals surface area (Å²) in [5, 5.41) is 2.71. The molecule has 0 aliphatic heterocycles. The SMILES string of the molecule is COC(=O)c1cn(C[C@@H](C)NC(=O)OC(C)(C)C)cn1. The second-order valence-electron chi connectivity index (χ2n) is 5.49. The Morgan fingerprint density at radius 1 is 1.45 bits per heavy atom. The molecule has 7 heteroatoms. The fourth-order valence-corrected chi connectivity index (χ4v) is 1.54. The maximum absolute atomic E-state index is 11.6. The minimum atomic E-state index is -0.531. The van der Waals surface area contributed by atoms with Crippen LogP contribution < -0.4 is 5.32 Å². The van der Waals surface area contributed by atoms with Crippen molar-refractivity contribution in [1.82, 2.24) is 14.9 Å². The molecule has 0 spiro atoms. The standard InChI is InChI=1S/C13H21N3O4/c1-9(15-12(18)20-13(2,3)4)6-16-7-10(14-8-16)11(17)19-5/h7-9H,6H2,1-5H3,(H,15,18)/t9-/m1/s1. The smallest absolute Gasteiger partial charge is 0.407 e. The van der Waals surface area contributed by atoms with Gasteiger partial charge in [-0.2, -0.15) is 0 Å². The van der Waals surface area contributed by atoms with Crippen LogP contribution in [0.2, 0.25) is 0 Å². The molecule has 7 nitrogen and oxygen atoms in total. The minimum Gasteiger partial charge on any atom is -0.464 e. The Kier molecular flexibility index (Phi) is 5.12. The lowest BCUT2D eigenvalue weighted by Gasteiger charge is -2.22. The van der Waals surface area contributed by atoms with Crippen molar-refractivity contribution in [3.8, 4) is 0 Å². The van der Waals surface area contributed by atoms with Gasteiger partial charge in [0.1, 0.15) is 5.60 Å². The highest BCUT2D eigenvalue weighted by Gasteiger charge is 2.18. The number of hydrogen-bond donors (Lipinski definition) is 1. The van der Waals surface area contributed by atoms with Crippen LogP contribution in [0.1, 0.15) is 38.2 Å². The van der Waals surface area contributed by atoms with Crippen LogP contribution in [0.25, 0.3) is 0 Å². The fraction of sp³-hybridized carbons (Fsp3) is 0.615. The zero-order valence-electron chi connectivity index (χ0n) is 12.5. The number of carbonyl (C=O) groups excluding carboxylic acids is 2. The Hall–Kier alpha value is -2.05. The van der Waals surface area contributed by atoms with Crippen LogP contribution in [0.4, 0.5) is 4.79 Å². The maximum atomic E-state index is 11.6. The van der Waals surface area contributed by atoms with Crippen LogP contribution in [0.5, 0.6) is 0 Å². The molecule has 0 saturated heterocycles. The number of rotatable bonds is 4. The first kappa shape index (κ1) is 16.0. The van der Waals surface area contributed by atoms with E-state index in [1.165, 1.54) is 13.4 Å². The van der Waals surface area contributed by atoms with Crippen molar-refractivity contribution < 1.29 is 19.1 Å². The summed E-state index contributed by atoms with van der Waals surface area (Å²) in [6.07, 6.45) is 2.61. The van der Waals surface area contributed by atoms with Gasteiger partial charge in [0.15, 0.2) is 5.69 Å². The van der Waals surface area contributed by atoms with Gasteiger partial charge in [0.2, 0.25) is 0 Å². The van der Waals surface area contributed by atoms with Crippen molar-refractivity contribution in [3.63, 3.8) is 0 Å². The number of imidazole rings is 1. The Labute approximate surface area is 118 Å². The third-order valence-electron chi connectivity index (χ3n) is 2.28. The predicted molar refractivity (Wildman–Crippen MR) is 72.4 cm³/mol. The number of ether oxygens (including phenoxy) is 2. The molecular weight excluding hydrogens is 262 g/mol. The minimum absolute atomic E-state index is 0.162. The highest BCUT2D eigenvalue weighted by Crippen LogP contribution is 2.07. The quantitative estimate of drug-likeness (QED) is 0.848. The van der Waals surface area contributed by atoms with E-state index >= 15 is 0 Å². The number of nitrogens with zero attached hydrogens (tertiary/aromatic N) is 2. The van der Waals surface area contributed by atoms with Gasteiger partial charge in [-0.15, -0.1) is 0 Å². The van der Waals surface area contributed by atoms with Crippen molar-refractivity contribution >= 4 is 12.1 Å². The summed E-state index contributed by atoms with van der Waals surface area (Å²) in [5.41, 5.74) is -0.298. The molecule has 0 fully saturated rings. The number of aromatic nitrogens is 2. The van der Waals surface area contributed by atoms with Gasteiger partial charge >= 0.3 is 12.1 Å². The number of methoxy groups -OCH3 is 1. The molecule has 1 N–H and O–H groups in total. The predicted octanol–water partition coefficient (Wildman–Crippen LogP) is 1.58. The van der Waals surface area contributed by atoms with E-state index < -0.39 is 17.7 Å². The summed E-state index contributed by atoms with van der Waals surface area (Å²) in [6, 6.07) is -0.162. The topological polar surface area (TPSA) is 82.5 Å². The molecule has 1 rings (SSSR count). The van der Waals surface area contributed by atoms with Gasteiger partial charge in [0.05, 0.1) is 13.4 Å². The maximum Gasteiger partial charge on any atom is 0.407 e. The first-order valence-corrected chi connectivity index (χ1v) is 6.31. The highest BCUT2D eigenvalue weighted by atomic mass is 16.6. The lowest BCUT2D eigenvalue weighted by Crippen LogP contribution is -2.39. The lowest BCUT2D eigenvalue weighted by molar-refractivity contribution is 0.0502. The van der Waals surface area contributed by atoms with E-state index in [1.54, 1.807) is 31.5 Å². The van der Waals surface area contributed by atoms with E-state index in [1.807, 2.05) is 6.92 Å². The Morgan fingerprint density at radius 2 is 2.10 bits per heavy atom. The number of amides is 1. The molecule has 20 heavy (non-hydrogen) atoms. The molecule has 1 atom stereocenters. The molecule has 112 valence electrons. The van der Waals surface area contributed by atoms with Crippen molar-refractivity contribution in [3.05, 3.63) is 18.2 Å². The Bertz CT molecular complexity index is 476. The third-order valence-corrected chi connectivity index (χ3v) is 2.28. The molecule has 0 aliphatic carbocycles. The number of carbonyl (C=O) groups is 2. The summed E-state index contributed by atoms with van der Waals surface area (Å²) in [7, 11) is 1.30. The van der Waals surface area contributed by atoms with Crippen LogP contribution in [0.15, 0.2) is 12.5 Å². The number of alkyl carbamates (subject to hydrolysis) is 1. The van der Waals surface area contributed by atoms with Crippen molar-refractivity contribution in [2.45, 2.75) is 45.9 Å². The first-order chi connectivity index (χ1) is 9.21. The molecule has 1 heterocycles. The molecular formula is C13H21N3O4. The van der Waals surface area contributed by atoms with Crippen molar-refractivity contribution in [1.29, 1.82) is 0 Å².